The number of hydrogen-bond donors (Lipinski definition) is 1. The summed E-state index contributed by atoms with van der Waals surface area (Å²) in [6.45, 7) is 0. The Bertz CT molecular complexity index is 535. The fourth-order valence-corrected chi connectivity index (χ4v) is 1.99. The van der Waals surface area contributed by atoms with Gasteiger partial charge >= 0.3 is 0 Å². The zero-order valence-corrected chi connectivity index (χ0v) is 10.7. The first-order valence-corrected chi connectivity index (χ1v) is 5.75. The first-order valence-electron chi connectivity index (χ1n) is 4.96. The lowest BCUT2D eigenvalue weighted by Gasteiger charge is -2.09. The number of ether oxygens (including phenoxy) is 1. The normalized spacial score (nSPS) is 10.2. The van der Waals surface area contributed by atoms with Crippen LogP contribution in [0.25, 0.3) is 11.1 Å². The van der Waals surface area contributed by atoms with Gasteiger partial charge in [0.05, 0.1) is 11.6 Å². The van der Waals surface area contributed by atoms with E-state index in [-0.39, 0.29) is 11.5 Å². The fraction of sp³-hybridized carbons (Fsp3) is 0.0769. The van der Waals surface area contributed by atoms with Crippen LogP contribution in [0, 0.1) is 0 Å². The zero-order valence-electron chi connectivity index (χ0n) is 9.11. The van der Waals surface area contributed by atoms with Crippen LogP contribution in [0.1, 0.15) is 0 Å². The van der Waals surface area contributed by atoms with Gasteiger partial charge in [-0.25, -0.2) is 0 Å². The maximum atomic E-state index is 11.0. The minimum atomic E-state index is -0.0291. The Morgan fingerprint density at radius 1 is 1.12 bits per heavy atom. The van der Waals surface area contributed by atoms with Crippen LogP contribution in [0.15, 0.2) is 40.9 Å². The number of phenolic OH excluding ortho intramolecular Hbond substituents is 1. The molecular weight excluding hydrogens is 284 g/mol. The van der Waals surface area contributed by atoms with Crippen molar-refractivity contribution in [2.75, 3.05) is 7.11 Å². The summed E-state index contributed by atoms with van der Waals surface area (Å²) in [5.41, 5.74) is 1.76. The molecule has 0 aromatic heterocycles. The average molecular weight is 294 g/mol. The highest BCUT2D eigenvalue weighted by Gasteiger charge is 2.09. The summed E-state index contributed by atoms with van der Waals surface area (Å²) in [7, 11) is 1.49. The molecule has 1 N–H and O–H groups in total. The second-order valence-electron chi connectivity index (χ2n) is 3.53. The van der Waals surface area contributed by atoms with Gasteiger partial charge in [0.1, 0.15) is 0 Å². The number of hydrogen-bond acceptors (Lipinski definition) is 2. The monoisotopic (exact) mass is 293 g/mol. The number of halogens is 1. The molecule has 0 heterocycles. The van der Waals surface area contributed by atoms with Crippen molar-refractivity contribution >= 4 is 15.9 Å². The number of rotatable bonds is 2. The minimum Gasteiger partial charge on any atom is -0.503 e. The average Bonchev–Trinajstić information content (AvgIpc) is 2.33. The van der Waals surface area contributed by atoms with Gasteiger partial charge in [-0.15, -0.1) is 0 Å². The van der Waals surface area contributed by atoms with Crippen LogP contribution in [-0.2, 0) is 5.11 Å². The molecule has 0 aliphatic rings. The lowest BCUT2D eigenvalue weighted by Crippen LogP contribution is -1.86. The van der Waals surface area contributed by atoms with Crippen LogP contribution in [0.4, 0.5) is 0 Å². The van der Waals surface area contributed by atoms with Crippen molar-refractivity contribution in [2.45, 2.75) is 0 Å². The van der Waals surface area contributed by atoms with E-state index in [2.05, 4.69) is 15.9 Å². The van der Waals surface area contributed by atoms with Gasteiger partial charge in [-0.3, -0.25) is 5.11 Å². The summed E-state index contributed by atoms with van der Waals surface area (Å²) < 4.78 is 5.62. The highest BCUT2D eigenvalue weighted by Crippen LogP contribution is 2.38. The molecule has 4 heteroatoms. The molecule has 0 amide bonds. The van der Waals surface area contributed by atoms with Gasteiger partial charge in [-0.1, -0.05) is 12.1 Å². The van der Waals surface area contributed by atoms with Crippen LogP contribution < -0.4 is 4.74 Å². The van der Waals surface area contributed by atoms with Gasteiger partial charge in [0, 0.05) is 0 Å². The molecule has 0 saturated carbocycles. The predicted octanol–water partition coefficient (Wildman–Crippen LogP) is 3.97. The van der Waals surface area contributed by atoms with Gasteiger partial charge < -0.3 is 9.84 Å². The Kier molecular flexibility index (Phi) is 3.24. The molecule has 2 aromatic rings. The second kappa shape index (κ2) is 4.67. The highest BCUT2D eigenvalue weighted by molar-refractivity contribution is 9.10. The Labute approximate surface area is 107 Å². The van der Waals surface area contributed by atoms with E-state index in [9.17, 15) is 10.2 Å². The van der Waals surface area contributed by atoms with Crippen molar-refractivity contribution in [2.24, 2.45) is 0 Å². The van der Waals surface area contributed by atoms with Crippen LogP contribution in [0.3, 0.4) is 0 Å². The number of aromatic hydroxyl groups is 1. The Balaban J connectivity index is 2.52. The van der Waals surface area contributed by atoms with Crippen molar-refractivity contribution in [3.63, 3.8) is 0 Å². The standard InChI is InChI=1S/C13H10BrO3/c1-17-12-7-9(6-11(14)13(12)16)8-2-4-10(15)5-3-8/h2-7,16H,1H3. The summed E-state index contributed by atoms with van der Waals surface area (Å²) in [5.74, 6) is 0.427. The zero-order chi connectivity index (χ0) is 12.4. The van der Waals surface area contributed by atoms with Crippen molar-refractivity contribution in [1.82, 2.24) is 0 Å². The van der Waals surface area contributed by atoms with E-state index in [0.29, 0.717) is 10.2 Å². The minimum absolute atomic E-state index is 0.0291. The smallest absolute Gasteiger partial charge is 0.178 e. The first-order chi connectivity index (χ1) is 8.11. The Morgan fingerprint density at radius 3 is 2.35 bits per heavy atom. The molecule has 0 bridgehead atoms. The van der Waals surface area contributed by atoms with E-state index in [1.165, 1.54) is 19.2 Å². The second-order valence-corrected chi connectivity index (χ2v) is 4.39. The Morgan fingerprint density at radius 2 is 1.76 bits per heavy atom. The quantitative estimate of drug-likeness (QED) is 0.911. The summed E-state index contributed by atoms with van der Waals surface area (Å²) >= 11 is 3.26. The topological polar surface area (TPSA) is 49.4 Å². The molecule has 17 heavy (non-hydrogen) atoms. The van der Waals surface area contributed by atoms with Crippen molar-refractivity contribution in [3.8, 4) is 28.4 Å². The molecule has 3 nitrogen and oxygen atoms in total. The maximum absolute atomic E-state index is 11.0. The number of methoxy groups -OCH3 is 1. The molecule has 0 unspecified atom stereocenters. The van der Waals surface area contributed by atoms with Gasteiger partial charge in [0.25, 0.3) is 0 Å². The molecule has 0 atom stereocenters. The molecule has 0 fully saturated rings. The van der Waals surface area contributed by atoms with E-state index in [0.717, 1.165) is 11.1 Å². The Hall–Kier alpha value is -1.68. The van der Waals surface area contributed by atoms with Crippen molar-refractivity contribution in [3.05, 3.63) is 40.9 Å². The largest absolute Gasteiger partial charge is 0.503 e. The molecule has 2 aromatic carbocycles. The molecule has 0 aliphatic carbocycles. The predicted molar refractivity (Wildman–Crippen MR) is 67.9 cm³/mol. The molecule has 0 aliphatic heterocycles. The maximum Gasteiger partial charge on any atom is 0.178 e. The van der Waals surface area contributed by atoms with Crippen molar-refractivity contribution in [1.29, 1.82) is 0 Å². The van der Waals surface area contributed by atoms with Crippen LogP contribution in [0.2, 0.25) is 0 Å². The molecule has 1 radical (unpaired) electrons. The van der Waals surface area contributed by atoms with Crippen LogP contribution in [-0.4, -0.2) is 12.2 Å². The van der Waals surface area contributed by atoms with Crippen molar-refractivity contribution < 1.29 is 14.9 Å². The lowest BCUT2D eigenvalue weighted by atomic mass is 10.1. The third-order valence-corrected chi connectivity index (χ3v) is 3.04. The van der Waals surface area contributed by atoms with Gasteiger partial charge in [-0.2, -0.15) is 0 Å². The summed E-state index contributed by atoms with van der Waals surface area (Å²) in [4.78, 5) is 0. The summed E-state index contributed by atoms with van der Waals surface area (Å²) in [5, 5.41) is 20.7. The van der Waals surface area contributed by atoms with Crippen LogP contribution >= 0.6 is 15.9 Å². The third kappa shape index (κ3) is 2.36. The van der Waals surface area contributed by atoms with E-state index < -0.39 is 0 Å². The van der Waals surface area contributed by atoms with E-state index in [1.807, 2.05) is 0 Å². The summed E-state index contributed by atoms with van der Waals surface area (Å²) in [6.07, 6.45) is 0. The fourth-order valence-electron chi connectivity index (χ4n) is 1.54. The third-order valence-electron chi connectivity index (χ3n) is 2.44. The SMILES string of the molecule is COc1cc(-c2ccc([O])cc2)cc(Br)c1O. The molecule has 0 saturated heterocycles. The van der Waals surface area contributed by atoms with Gasteiger partial charge in [0.2, 0.25) is 0 Å². The number of phenols is 1. The highest BCUT2D eigenvalue weighted by atomic mass is 79.9. The molecule has 2 rings (SSSR count). The lowest BCUT2D eigenvalue weighted by molar-refractivity contribution is 0.355. The number of benzene rings is 2. The van der Waals surface area contributed by atoms with Gasteiger partial charge in [-0.05, 0) is 51.3 Å². The van der Waals surface area contributed by atoms with Crippen LogP contribution in [0.5, 0.6) is 17.2 Å². The first kappa shape index (κ1) is 11.8. The summed E-state index contributed by atoms with van der Waals surface area (Å²) in [6, 6.07) is 9.98. The van der Waals surface area contributed by atoms with E-state index in [1.54, 1.807) is 24.3 Å². The van der Waals surface area contributed by atoms with E-state index in [4.69, 9.17) is 4.74 Å². The molecule has 0 spiro atoms. The molecular formula is C13H10BrO3. The molecule has 87 valence electrons. The van der Waals surface area contributed by atoms with Gasteiger partial charge in [0.15, 0.2) is 17.2 Å². The van der Waals surface area contributed by atoms with E-state index >= 15 is 0 Å².